The maximum atomic E-state index is 13.1. The summed E-state index contributed by atoms with van der Waals surface area (Å²) in [4.78, 5) is 26.2. The van der Waals surface area contributed by atoms with Crippen LogP contribution in [0.1, 0.15) is 27.9 Å². The van der Waals surface area contributed by atoms with Gasteiger partial charge in [0, 0.05) is 22.6 Å². The first kappa shape index (κ1) is 22.2. The Morgan fingerprint density at radius 2 is 1.47 bits per heavy atom. The number of nitrogens with one attached hydrogen (secondary N) is 1. The van der Waals surface area contributed by atoms with E-state index in [0.717, 1.165) is 22.3 Å². The van der Waals surface area contributed by atoms with Crippen molar-refractivity contribution in [1.29, 1.82) is 0 Å². The van der Waals surface area contributed by atoms with Gasteiger partial charge in [-0.2, -0.15) is 0 Å². The lowest BCUT2D eigenvalue weighted by Gasteiger charge is -2.12. The summed E-state index contributed by atoms with van der Waals surface area (Å²) in [6.07, 6.45) is 2.08. The van der Waals surface area contributed by atoms with Crippen molar-refractivity contribution in [3.63, 3.8) is 0 Å². The largest absolute Gasteiger partial charge is 0.307 e. The fourth-order valence-electron chi connectivity index (χ4n) is 3.36. The van der Waals surface area contributed by atoms with Crippen molar-refractivity contribution >= 4 is 62.7 Å². The van der Waals surface area contributed by atoms with Gasteiger partial charge >= 0.3 is 0 Å². The molecule has 3 aromatic rings. The van der Waals surface area contributed by atoms with Crippen LogP contribution in [0.25, 0.3) is 11.1 Å². The van der Waals surface area contributed by atoms with Crippen LogP contribution in [0, 0.1) is 0 Å². The Kier molecular flexibility index (Phi) is 7.00. The van der Waals surface area contributed by atoms with E-state index in [1.807, 2.05) is 66.7 Å². The normalized spacial score (nSPS) is 15.5. The summed E-state index contributed by atoms with van der Waals surface area (Å²) in [5.74, 6) is -0.247. The van der Waals surface area contributed by atoms with Gasteiger partial charge in [-0.15, -0.1) is 0 Å². The lowest BCUT2D eigenvalue weighted by molar-refractivity contribution is -0.115. The van der Waals surface area contributed by atoms with E-state index in [1.54, 1.807) is 24.3 Å². The van der Waals surface area contributed by atoms with Crippen LogP contribution < -0.4 is 5.32 Å². The fourth-order valence-corrected chi connectivity index (χ4v) is 4.59. The first-order valence-electron chi connectivity index (χ1n) is 9.89. The molecular formula is C26H18ClNO2S2. The third-order valence-electron chi connectivity index (χ3n) is 4.93. The standard InChI is InChI=1S/C26H18ClNO2S2/c27-21-13-11-17(12-14-21)20(16-23(29)19-9-5-2-6-10-19)15-22(18-7-3-1-4-8-18)24-25(30)28-26(31)32-24/h1-15H,16H2,(H,28,30,31)/b20-15+,24-22-. The number of hydrogen-bond acceptors (Lipinski definition) is 4. The molecule has 4 rings (SSSR count). The Labute approximate surface area is 201 Å². The number of Topliss-reactive ketones (excluding diaryl/α,β-unsaturated/α-hetero) is 1. The average molecular weight is 476 g/mol. The van der Waals surface area contributed by atoms with Crippen LogP contribution in [-0.4, -0.2) is 16.0 Å². The Morgan fingerprint density at radius 1 is 0.875 bits per heavy atom. The van der Waals surface area contributed by atoms with E-state index in [0.29, 0.717) is 19.8 Å². The minimum absolute atomic E-state index is 0.0109. The minimum Gasteiger partial charge on any atom is -0.307 e. The lowest BCUT2D eigenvalue weighted by atomic mass is 9.93. The number of carbonyl (C=O) groups excluding carboxylic acids is 2. The predicted molar refractivity (Wildman–Crippen MR) is 137 cm³/mol. The summed E-state index contributed by atoms with van der Waals surface area (Å²) >= 11 is 12.5. The van der Waals surface area contributed by atoms with Crippen molar-refractivity contribution in [2.75, 3.05) is 0 Å². The van der Waals surface area contributed by atoms with Crippen LogP contribution in [0.3, 0.4) is 0 Å². The molecule has 3 nitrogen and oxygen atoms in total. The van der Waals surface area contributed by atoms with E-state index in [2.05, 4.69) is 5.32 Å². The summed E-state index contributed by atoms with van der Waals surface area (Å²) in [5, 5.41) is 3.30. The van der Waals surface area contributed by atoms with Gasteiger partial charge in [0.25, 0.3) is 5.91 Å². The maximum Gasteiger partial charge on any atom is 0.264 e. The molecule has 1 aliphatic heterocycles. The molecule has 0 bridgehead atoms. The Hall–Kier alpha value is -2.99. The number of thiocarbonyl (C=S) groups is 1. The highest BCUT2D eigenvalue weighted by Crippen LogP contribution is 2.35. The molecule has 158 valence electrons. The topological polar surface area (TPSA) is 46.2 Å². The summed E-state index contributed by atoms with van der Waals surface area (Å²) in [5.41, 5.74) is 3.87. The van der Waals surface area contributed by atoms with Gasteiger partial charge in [-0.3, -0.25) is 9.59 Å². The Morgan fingerprint density at radius 3 is 2.03 bits per heavy atom. The predicted octanol–water partition coefficient (Wildman–Crippen LogP) is 6.56. The van der Waals surface area contributed by atoms with E-state index in [9.17, 15) is 9.59 Å². The molecule has 1 N–H and O–H groups in total. The molecule has 0 atom stereocenters. The summed E-state index contributed by atoms with van der Waals surface area (Å²) in [7, 11) is 0. The van der Waals surface area contributed by atoms with Crippen molar-refractivity contribution in [3.05, 3.63) is 118 Å². The number of thioether (sulfide) groups is 1. The number of allylic oxidation sites excluding steroid dienone is 3. The van der Waals surface area contributed by atoms with E-state index < -0.39 is 0 Å². The second kappa shape index (κ2) is 10.1. The first-order chi connectivity index (χ1) is 15.5. The van der Waals surface area contributed by atoms with Crippen LogP contribution in [0.15, 0.2) is 95.9 Å². The molecule has 1 amide bonds. The highest BCUT2D eigenvalue weighted by Gasteiger charge is 2.26. The van der Waals surface area contributed by atoms with Crippen molar-refractivity contribution in [3.8, 4) is 0 Å². The number of benzene rings is 3. The van der Waals surface area contributed by atoms with E-state index in [-0.39, 0.29) is 18.1 Å². The van der Waals surface area contributed by atoms with Gasteiger partial charge in [0.05, 0.1) is 4.91 Å². The molecule has 1 fully saturated rings. The third kappa shape index (κ3) is 5.25. The number of carbonyl (C=O) groups is 2. The summed E-state index contributed by atoms with van der Waals surface area (Å²) < 4.78 is 0.417. The quantitative estimate of drug-likeness (QED) is 0.249. The summed E-state index contributed by atoms with van der Waals surface area (Å²) in [6.45, 7) is 0. The van der Waals surface area contributed by atoms with E-state index in [1.165, 1.54) is 11.8 Å². The summed E-state index contributed by atoms with van der Waals surface area (Å²) in [6, 6.07) is 26.1. The van der Waals surface area contributed by atoms with Crippen LogP contribution in [0.5, 0.6) is 0 Å². The van der Waals surface area contributed by atoms with Gasteiger partial charge < -0.3 is 5.32 Å². The van der Waals surface area contributed by atoms with Crippen LogP contribution in [0.4, 0.5) is 0 Å². The molecule has 0 aliphatic carbocycles. The van der Waals surface area contributed by atoms with Crippen LogP contribution in [-0.2, 0) is 4.79 Å². The zero-order chi connectivity index (χ0) is 22.5. The molecule has 0 radical (unpaired) electrons. The average Bonchev–Trinajstić information content (AvgIpc) is 3.15. The second-order valence-corrected chi connectivity index (χ2v) is 9.22. The van der Waals surface area contributed by atoms with E-state index >= 15 is 0 Å². The molecule has 1 heterocycles. The van der Waals surface area contributed by atoms with Crippen LogP contribution in [0.2, 0.25) is 5.02 Å². The molecule has 6 heteroatoms. The van der Waals surface area contributed by atoms with Gasteiger partial charge in [0.2, 0.25) is 0 Å². The molecule has 1 saturated heterocycles. The van der Waals surface area contributed by atoms with Gasteiger partial charge in [-0.1, -0.05) is 108 Å². The molecule has 0 spiro atoms. The molecule has 32 heavy (non-hydrogen) atoms. The first-order valence-corrected chi connectivity index (χ1v) is 11.5. The zero-order valence-corrected chi connectivity index (χ0v) is 19.3. The Balaban J connectivity index is 1.85. The van der Waals surface area contributed by atoms with Gasteiger partial charge in [-0.25, -0.2) is 0 Å². The molecule has 3 aromatic carbocycles. The molecular weight excluding hydrogens is 458 g/mol. The van der Waals surface area contributed by atoms with Crippen molar-refractivity contribution in [2.45, 2.75) is 6.42 Å². The maximum absolute atomic E-state index is 13.1. The monoisotopic (exact) mass is 475 g/mol. The SMILES string of the molecule is O=C1NC(=S)S/C1=C(/C=C(\CC(=O)c1ccccc1)c1ccc(Cl)cc1)c1ccccc1. The highest BCUT2D eigenvalue weighted by atomic mass is 35.5. The smallest absolute Gasteiger partial charge is 0.264 e. The fraction of sp³-hybridized carbons (Fsp3) is 0.0385. The number of hydrogen-bond donors (Lipinski definition) is 1. The number of amides is 1. The Bertz CT molecular complexity index is 1230. The van der Waals surface area contributed by atoms with Crippen molar-refractivity contribution < 1.29 is 9.59 Å². The number of halogens is 1. The number of ketones is 1. The van der Waals surface area contributed by atoms with Crippen molar-refractivity contribution in [2.24, 2.45) is 0 Å². The minimum atomic E-state index is -0.236. The number of rotatable bonds is 6. The molecule has 0 saturated carbocycles. The molecule has 1 aliphatic rings. The van der Waals surface area contributed by atoms with Gasteiger partial charge in [0.1, 0.15) is 4.32 Å². The zero-order valence-electron chi connectivity index (χ0n) is 16.9. The van der Waals surface area contributed by atoms with Gasteiger partial charge in [0.15, 0.2) is 5.78 Å². The van der Waals surface area contributed by atoms with Crippen LogP contribution >= 0.6 is 35.6 Å². The molecule has 0 aromatic heterocycles. The van der Waals surface area contributed by atoms with E-state index in [4.69, 9.17) is 23.8 Å². The second-order valence-electron chi connectivity index (χ2n) is 7.09. The third-order valence-corrected chi connectivity index (χ3v) is 6.43. The van der Waals surface area contributed by atoms with Gasteiger partial charge in [-0.05, 0) is 34.9 Å². The molecule has 0 unspecified atom stereocenters. The van der Waals surface area contributed by atoms with Crippen molar-refractivity contribution in [1.82, 2.24) is 5.32 Å². The highest BCUT2D eigenvalue weighted by molar-refractivity contribution is 8.26. The lowest BCUT2D eigenvalue weighted by Crippen LogP contribution is -2.18.